The first-order valence-electron chi connectivity index (χ1n) is 13.3. The molecule has 42 heavy (non-hydrogen) atoms. The van der Waals surface area contributed by atoms with Crippen LogP contribution in [0.15, 0.2) is 36.4 Å². The summed E-state index contributed by atoms with van der Waals surface area (Å²) >= 11 is 6.45. The number of hydrogen-bond acceptors (Lipinski definition) is 9. The number of fused-ring (bicyclic) bond motifs is 1. The van der Waals surface area contributed by atoms with Gasteiger partial charge in [0.2, 0.25) is 5.91 Å². The van der Waals surface area contributed by atoms with E-state index >= 15 is 0 Å². The third kappa shape index (κ3) is 6.66. The van der Waals surface area contributed by atoms with Crippen LogP contribution < -0.4 is 20.1 Å². The van der Waals surface area contributed by atoms with Gasteiger partial charge < -0.3 is 29.6 Å². The molecule has 1 aliphatic rings. The first kappa shape index (κ1) is 33.2. The van der Waals surface area contributed by atoms with Crippen LogP contribution >= 0.6 is 11.6 Å². The molecule has 230 valence electrons. The second kappa shape index (κ2) is 12.9. The third-order valence-corrected chi connectivity index (χ3v) is 9.39. The number of esters is 1. The van der Waals surface area contributed by atoms with Crippen LogP contribution in [0.5, 0.6) is 11.5 Å². The number of carbonyl (C=O) groups excluding carboxylic acids is 3. The molecule has 0 saturated heterocycles. The highest BCUT2D eigenvalue weighted by atomic mass is 35.5. The molecule has 0 aromatic heterocycles. The number of rotatable bonds is 12. The smallest absolute Gasteiger partial charge is 0.302 e. The third-order valence-electron chi connectivity index (χ3n) is 6.79. The lowest BCUT2D eigenvalue weighted by molar-refractivity contribution is -0.144. The van der Waals surface area contributed by atoms with Gasteiger partial charge in [0, 0.05) is 35.0 Å². The van der Waals surface area contributed by atoms with E-state index < -0.39 is 56.2 Å². The minimum Gasteiger partial charge on any atom is -0.493 e. The molecule has 3 rings (SSSR count). The molecule has 2 N–H and O–H groups in total. The summed E-state index contributed by atoms with van der Waals surface area (Å²) in [7, 11) is -1.63. The van der Waals surface area contributed by atoms with Gasteiger partial charge >= 0.3 is 5.97 Å². The topological polar surface area (TPSA) is 152 Å². The lowest BCUT2D eigenvalue weighted by Crippen LogP contribution is -2.59. The van der Waals surface area contributed by atoms with E-state index in [9.17, 15) is 22.8 Å². The molecule has 11 nitrogen and oxygen atoms in total. The number of nitrogens with zero attached hydrogens (tertiary/aromatic N) is 1. The van der Waals surface area contributed by atoms with Crippen molar-refractivity contribution in [2.75, 3.05) is 38.0 Å². The number of para-hydroxylation sites is 1. The Labute approximate surface area is 251 Å². The number of primary amides is 1. The minimum atomic E-state index is -4.49. The molecule has 2 aromatic rings. The Kier molecular flexibility index (Phi) is 10.2. The van der Waals surface area contributed by atoms with Gasteiger partial charge in [0.25, 0.3) is 10.8 Å². The van der Waals surface area contributed by atoms with Crippen LogP contribution in [0.4, 0.5) is 5.69 Å². The van der Waals surface area contributed by atoms with E-state index in [4.69, 9.17) is 36.3 Å². The first-order valence-corrected chi connectivity index (χ1v) is 15.3. The zero-order chi connectivity index (χ0) is 31.5. The van der Waals surface area contributed by atoms with Crippen molar-refractivity contribution in [2.24, 2.45) is 11.1 Å². The Bertz CT molecular complexity index is 1460. The van der Waals surface area contributed by atoms with Gasteiger partial charge in [-0.05, 0) is 30.7 Å². The van der Waals surface area contributed by atoms with Gasteiger partial charge in [-0.15, -0.1) is 0 Å². The maximum absolute atomic E-state index is 14.7. The van der Waals surface area contributed by atoms with E-state index in [-0.39, 0.29) is 36.0 Å². The van der Waals surface area contributed by atoms with Crippen LogP contribution in [-0.4, -0.2) is 64.3 Å². The van der Waals surface area contributed by atoms with Crippen LogP contribution in [0.2, 0.25) is 5.02 Å². The predicted octanol–water partition coefficient (Wildman–Crippen LogP) is 3.80. The summed E-state index contributed by atoms with van der Waals surface area (Å²) < 4.78 is 50.9. The summed E-state index contributed by atoms with van der Waals surface area (Å²) in [4.78, 5) is 37.3. The maximum atomic E-state index is 14.7. The molecular formula is C29H37ClN2O9S. The average Bonchev–Trinajstić information content (AvgIpc) is 3.00. The molecule has 0 bridgehead atoms. The molecule has 2 amide bonds. The minimum absolute atomic E-state index is 0.0758. The van der Waals surface area contributed by atoms with Crippen molar-refractivity contribution in [3.8, 4) is 11.5 Å². The van der Waals surface area contributed by atoms with E-state index in [0.717, 1.165) is 0 Å². The summed E-state index contributed by atoms with van der Waals surface area (Å²) in [5.41, 5.74) is 5.69. The van der Waals surface area contributed by atoms with Crippen LogP contribution in [0.3, 0.4) is 0 Å². The molecule has 13 heteroatoms. The first-order chi connectivity index (χ1) is 19.6. The molecule has 0 radical (unpaired) electrons. The van der Waals surface area contributed by atoms with Crippen molar-refractivity contribution < 1.29 is 41.7 Å². The van der Waals surface area contributed by atoms with E-state index in [2.05, 4.69) is 0 Å². The van der Waals surface area contributed by atoms with Crippen LogP contribution in [0.1, 0.15) is 57.8 Å². The number of ether oxygens (including phenoxy) is 4. The summed E-state index contributed by atoms with van der Waals surface area (Å²) in [6.07, 6.45) is -2.08. The Morgan fingerprint density at radius 3 is 2.40 bits per heavy atom. The Morgan fingerprint density at radius 2 is 1.83 bits per heavy atom. The Hall–Kier alpha value is -3.35. The number of amides is 2. The van der Waals surface area contributed by atoms with Crippen molar-refractivity contribution in [2.45, 2.75) is 51.6 Å². The van der Waals surface area contributed by atoms with Crippen LogP contribution in [0, 0.1) is 5.41 Å². The molecule has 1 heterocycles. The largest absolute Gasteiger partial charge is 0.493 e. The molecule has 0 saturated carbocycles. The summed E-state index contributed by atoms with van der Waals surface area (Å²) in [6.45, 7) is 6.22. The fraction of sp³-hybridized carbons (Fsp3) is 0.483. The highest BCUT2D eigenvalue weighted by molar-refractivity contribution is 7.93. The average molecular weight is 625 g/mol. The zero-order valence-electron chi connectivity index (χ0n) is 24.6. The van der Waals surface area contributed by atoms with Gasteiger partial charge in [-0.2, -0.15) is 0 Å². The summed E-state index contributed by atoms with van der Waals surface area (Å²) in [5.74, 6) is -2.47. The number of hydrogen-bond donors (Lipinski definition) is 1. The molecule has 0 fully saturated rings. The number of carbonyl (C=O) groups is 3. The number of halogens is 1. The lowest BCUT2D eigenvalue weighted by Gasteiger charge is -2.37. The van der Waals surface area contributed by atoms with Gasteiger partial charge in [-0.1, -0.05) is 44.5 Å². The Morgan fingerprint density at radius 1 is 1.14 bits per heavy atom. The normalized spacial score (nSPS) is 19.1. The van der Waals surface area contributed by atoms with Crippen molar-refractivity contribution in [3.05, 3.63) is 52.5 Å². The van der Waals surface area contributed by atoms with Crippen molar-refractivity contribution in [1.29, 1.82) is 0 Å². The van der Waals surface area contributed by atoms with Crippen LogP contribution in [-0.2, 0) is 33.7 Å². The highest BCUT2D eigenvalue weighted by Crippen LogP contribution is 2.49. The molecule has 0 unspecified atom stereocenters. The second-order valence-corrected chi connectivity index (χ2v) is 13.6. The van der Waals surface area contributed by atoms with Gasteiger partial charge in [-0.3, -0.25) is 14.4 Å². The number of nitrogens with two attached hydrogens (primary N) is 1. The van der Waals surface area contributed by atoms with E-state index in [1.165, 1.54) is 26.0 Å². The van der Waals surface area contributed by atoms with E-state index in [0.29, 0.717) is 16.9 Å². The van der Waals surface area contributed by atoms with Crippen LogP contribution in [0.25, 0.3) is 0 Å². The highest BCUT2D eigenvalue weighted by Gasteiger charge is 2.59. The van der Waals surface area contributed by atoms with Gasteiger partial charge in [0.15, 0.2) is 21.3 Å². The second-order valence-electron chi connectivity index (χ2n) is 10.8. The lowest BCUT2D eigenvalue weighted by atomic mass is 9.92. The molecule has 1 aliphatic heterocycles. The molecular weight excluding hydrogens is 588 g/mol. The maximum Gasteiger partial charge on any atom is 0.302 e. The molecule has 0 aliphatic carbocycles. The Balaban J connectivity index is 2.44. The van der Waals surface area contributed by atoms with Gasteiger partial charge in [0.1, 0.15) is 6.10 Å². The van der Waals surface area contributed by atoms with Crippen molar-refractivity contribution in [1.82, 2.24) is 0 Å². The quantitative estimate of drug-likeness (QED) is 0.348. The molecule has 0 spiro atoms. The molecule has 2 atom stereocenters. The fourth-order valence-electron chi connectivity index (χ4n) is 4.97. The molecule has 2 aromatic carbocycles. The number of anilines is 1. The number of benzene rings is 2. The monoisotopic (exact) mass is 624 g/mol. The standard InChI is InChI=1S/C29H37ClN2O9S/c1-7-13-42(36,37)29(15-24(31)34)27(35)32(16-28(3,4)17-40-18(2)33)22-12-11-19(30)14-21(22)25(41-29)20-9-8-10-23(38-5)26(20)39-6/h8-12,14,25H,7,13,15-17H2,1-6H3,(H2,31,34)/t25-,29-/m1/s1. The predicted molar refractivity (Wildman–Crippen MR) is 157 cm³/mol. The number of methoxy groups -OCH3 is 2. The van der Waals surface area contributed by atoms with E-state index in [1.807, 2.05) is 0 Å². The zero-order valence-corrected chi connectivity index (χ0v) is 26.1. The fourth-order valence-corrected chi connectivity index (χ4v) is 7.00. The van der Waals surface area contributed by atoms with E-state index in [1.54, 1.807) is 57.2 Å². The van der Waals surface area contributed by atoms with Gasteiger partial charge in [-0.25, -0.2) is 8.42 Å². The SMILES string of the molecule is CCCS(=O)(=O)[C@@]1(CC(N)=O)O[C@H](c2cccc(OC)c2OC)c2cc(Cl)ccc2N(CC(C)(C)COC(C)=O)C1=O. The number of sulfone groups is 1. The summed E-state index contributed by atoms with van der Waals surface area (Å²) in [5, 5.41) is 0.287. The van der Waals surface area contributed by atoms with Crippen molar-refractivity contribution >= 4 is 44.9 Å². The van der Waals surface area contributed by atoms with Crippen molar-refractivity contribution in [3.63, 3.8) is 0 Å². The summed E-state index contributed by atoms with van der Waals surface area (Å²) in [6, 6.07) is 9.65. The van der Waals surface area contributed by atoms with Gasteiger partial charge in [0.05, 0.1) is 38.7 Å².